The Balaban J connectivity index is 1.56. The molecule has 2 aromatic carbocycles. The highest BCUT2D eigenvalue weighted by atomic mass is 32.2. The summed E-state index contributed by atoms with van der Waals surface area (Å²) in [6, 6.07) is 13.6. The van der Waals surface area contributed by atoms with Crippen LogP contribution in [0.15, 0.2) is 62.8 Å². The molecule has 1 N–H and O–H groups in total. The number of hydrogen-bond donors (Lipinski definition) is 1. The number of fused-ring (bicyclic) bond motifs is 3. The molecule has 2 heterocycles. The van der Waals surface area contributed by atoms with Crippen molar-refractivity contribution < 1.29 is 17.9 Å². The molecule has 28 heavy (non-hydrogen) atoms. The van der Waals surface area contributed by atoms with E-state index in [0.29, 0.717) is 23.7 Å². The van der Waals surface area contributed by atoms with Crippen molar-refractivity contribution in [3.63, 3.8) is 0 Å². The van der Waals surface area contributed by atoms with Gasteiger partial charge in [-0.3, -0.25) is 9.80 Å². The number of ether oxygens (including phenoxy) is 1. The first-order valence-corrected chi connectivity index (χ1v) is 10.00. The maximum absolute atomic E-state index is 12.6. The first-order chi connectivity index (χ1) is 13.5. The number of rotatable bonds is 5. The molecule has 0 unspecified atom stereocenters. The molecular weight excluding hydrogens is 382 g/mol. The molecule has 0 saturated carbocycles. The second-order valence-electron chi connectivity index (χ2n) is 5.97. The zero-order chi connectivity index (χ0) is 19.7. The van der Waals surface area contributed by atoms with E-state index in [1.165, 1.54) is 22.4 Å². The Bertz CT molecular complexity index is 1100. The number of sulfonamides is 1. The predicted molar refractivity (Wildman–Crippen MR) is 105 cm³/mol. The topological polar surface area (TPSA) is 104 Å². The summed E-state index contributed by atoms with van der Waals surface area (Å²) in [6.45, 7) is 2.25. The number of carbonyl (C=O) groups excluding carboxylic acids is 1. The average molecular weight is 399 g/mol. The zero-order valence-corrected chi connectivity index (χ0v) is 15.8. The standard InChI is InChI=1S/C18H17N5O4S/c1-2-27-15-9-5-3-7-13(15)20-17(24)11-22-12-19-18-21-28(25,26)16-10-6-4-8-14(16)23(18)22/h3-10,12H,2,11H2,1H3,(H,20,24). The van der Waals surface area contributed by atoms with Crippen LogP contribution in [0.2, 0.25) is 0 Å². The van der Waals surface area contributed by atoms with Gasteiger partial charge < -0.3 is 10.1 Å². The Hall–Kier alpha value is -3.40. The van der Waals surface area contributed by atoms with Gasteiger partial charge in [-0.2, -0.15) is 13.4 Å². The number of nitrogens with one attached hydrogen (secondary N) is 1. The van der Waals surface area contributed by atoms with Gasteiger partial charge in [0.2, 0.25) is 5.91 Å². The summed E-state index contributed by atoms with van der Waals surface area (Å²) in [4.78, 5) is 16.7. The lowest BCUT2D eigenvalue weighted by Gasteiger charge is -2.31. The Morgan fingerprint density at radius 1 is 1.14 bits per heavy atom. The number of hydrogen-bond acceptors (Lipinski definition) is 7. The average Bonchev–Trinajstić information content (AvgIpc) is 3.05. The van der Waals surface area contributed by atoms with Gasteiger partial charge in [0.25, 0.3) is 16.0 Å². The quantitative estimate of drug-likeness (QED) is 0.823. The molecule has 0 fully saturated rings. The van der Waals surface area contributed by atoms with Crippen molar-refractivity contribution in [1.82, 2.24) is 5.01 Å². The summed E-state index contributed by atoms with van der Waals surface area (Å²) in [5.74, 6) is 0.261. The van der Waals surface area contributed by atoms with Crippen molar-refractivity contribution in [3.05, 3.63) is 48.5 Å². The van der Waals surface area contributed by atoms with Gasteiger partial charge in [-0.25, -0.2) is 5.01 Å². The molecule has 2 aromatic rings. The second-order valence-corrected chi connectivity index (χ2v) is 7.54. The summed E-state index contributed by atoms with van der Waals surface area (Å²) in [6.07, 6.45) is 1.38. The molecule has 4 rings (SSSR count). The van der Waals surface area contributed by atoms with Crippen molar-refractivity contribution in [2.24, 2.45) is 9.39 Å². The van der Waals surface area contributed by atoms with Gasteiger partial charge in [-0.1, -0.05) is 24.3 Å². The summed E-state index contributed by atoms with van der Waals surface area (Å²) >= 11 is 0. The Morgan fingerprint density at radius 2 is 1.89 bits per heavy atom. The van der Waals surface area contributed by atoms with Crippen LogP contribution in [0.1, 0.15) is 6.92 Å². The van der Waals surface area contributed by atoms with Crippen molar-refractivity contribution in [3.8, 4) is 5.75 Å². The largest absolute Gasteiger partial charge is 0.492 e. The fourth-order valence-electron chi connectivity index (χ4n) is 2.95. The van der Waals surface area contributed by atoms with Gasteiger partial charge in [0, 0.05) is 0 Å². The molecule has 0 aromatic heterocycles. The predicted octanol–water partition coefficient (Wildman–Crippen LogP) is 1.85. The molecule has 0 bridgehead atoms. The molecule has 10 heteroatoms. The van der Waals surface area contributed by atoms with Crippen LogP contribution in [0, 0.1) is 0 Å². The maximum atomic E-state index is 12.6. The SMILES string of the molecule is CCOc1ccccc1NC(=O)CN1C=NC2=NS(=O)(=O)c3ccccc3N21. The van der Waals surface area contributed by atoms with E-state index in [-0.39, 0.29) is 23.3 Å². The lowest BCUT2D eigenvalue weighted by molar-refractivity contribution is -0.116. The lowest BCUT2D eigenvalue weighted by atomic mass is 10.3. The van der Waals surface area contributed by atoms with E-state index in [2.05, 4.69) is 14.7 Å². The first kappa shape index (κ1) is 18.0. The van der Waals surface area contributed by atoms with E-state index in [4.69, 9.17) is 4.74 Å². The van der Waals surface area contributed by atoms with Crippen LogP contribution in [0.5, 0.6) is 5.75 Å². The smallest absolute Gasteiger partial charge is 0.287 e. The van der Waals surface area contributed by atoms with Crippen LogP contribution in [-0.2, 0) is 14.8 Å². The van der Waals surface area contributed by atoms with E-state index >= 15 is 0 Å². The number of carbonyl (C=O) groups is 1. The van der Waals surface area contributed by atoms with Crippen molar-refractivity contribution >= 4 is 39.6 Å². The number of nitrogens with zero attached hydrogens (tertiary/aromatic N) is 4. The molecule has 0 aliphatic carbocycles. The minimum Gasteiger partial charge on any atom is -0.492 e. The van der Waals surface area contributed by atoms with Crippen LogP contribution in [0.25, 0.3) is 0 Å². The Kier molecular flexibility index (Phi) is 4.47. The van der Waals surface area contributed by atoms with E-state index in [1.54, 1.807) is 36.4 Å². The minimum atomic E-state index is -3.82. The monoisotopic (exact) mass is 399 g/mol. The van der Waals surface area contributed by atoms with E-state index in [0.717, 1.165) is 0 Å². The zero-order valence-electron chi connectivity index (χ0n) is 14.9. The van der Waals surface area contributed by atoms with Crippen LogP contribution in [-0.4, -0.2) is 44.8 Å². The normalized spacial score (nSPS) is 16.2. The van der Waals surface area contributed by atoms with Crippen LogP contribution in [0.4, 0.5) is 11.4 Å². The van der Waals surface area contributed by atoms with Gasteiger partial charge in [0.05, 0.1) is 18.0 Å². The van der Waals surface area contributed by atoms with Gasteiger partial charge in [-0.15, -0.1) is 4.40 Å². The van der Waals surface area contributed by atoms with E-state index in [1.807, 2.05) is 13.0 Å². The van der Waals surface area contributed by atoms with Gasteiger partial charge in [-0.05, 0) is 31.2 Å². The molecule has 2 aliphatic heterocycles. The number of aliphatic imine (C=N–C) groups is 1. The molecule has 1 amide bonds. The van der Waals surface area contributed by atoms with E-state index in [9.17, 15) is 13.2 Å². The van der Waals surface area contributed by atoms with Crippen LogP contribution < -0.4 is 15.1 Å². The fourth-order valence-corrected chi connectivity index (χ4v) is 4.06. The summed E-state index contributed by atoms with van der Waals surface area (Å²) in [5, 5.41) is 5.82. The van der Waals surface area contributed by atoms with Crippen molar-refractivity contribution in [1.29, 1.82) is 0 Å². The number of guanidine groups is 1. The fraction of sp³-hybridized carbons (Fsp3) is 0.167. The summed E-state index contributed by atoms with van der Waals surface area (Å²) < 4.78 is 33.8. The Labute approximate surface area is 162 Å². The number of benzene rings is 2. The lowest BCUT2D eigenvalue weighted by Crippen LogP contribution is -2.46. The highest BCUT2D eigenvalue weighted by Gasteiger charge is 2.36. The third-order valence-corrected chi connectivity index (χ3v) is 5.40. The van der Waals surface area contributed by atoms with Crippen LogP contribution in [0.3, 0.4) is 0 Å². The van der Waals surface area contributed by atoms with E-state index < -0.39 is 10.0 Å². The highest BCUT2D eigenvalue weighted by molar-refractivity contribution is 7.90. The third-order valence-electron chi connectivity index (χ3n) is 4.09. The van der Waals surface area contributed by atoms with Gasteiger partial charge in [0.1, 0.15) is 23.5 Å². The molecule has 0 saturated heterocycles. The van der Waals surface area contributed by atoms with Crippen molar-refractivity contribution in [2.45, 2.75) is 11.8 Å². The molecule has 0 atom stereocenters. The molecule has 9 nitrogen and oxygen atoms in total. The van der Waals surface area contributed by atoms with Crippen molar-refractivity contribution in [2.75, 3.05) is 23.5 Å². The number of amides is 1. The molecule has 0 spiro atoms. The number of para-hydroxylation sites is 3. The number of hydrazine groups is 1. The third kappa shape index (κ3) is 3.18. The highest BCUT2D eigenvalue weighted by Crippen LogP contribution is 2.34. The number of anilines is 2. The van der Waals surface area contributed by atoms with Gasteiger partial charge >= 0.3 is 0 Å². The Morgan fingerprint density at radius 3 is 2.71 bits per heavy atom. The maximum Gasteiger partial charge on any atom is 0.287 e. The molecule has 2 aliphatic rings. The van der Waals surface area contributed by atoms with Gasteiger partial charge in [0.15, 0.2) is 0 Å². The summed E-state index contributed by atoms with van der Waals surface area (Å²) in [7, 11) is -3.82. The summed E-state index contributed by atoms with van der Waals surface area (Å²) in [5.41, 5.74) is 0.952. The second kappa shape index (κ2) is 6.97. The molecule has 144 valence electrons. The first-order valence-electron chi connectivity index (χ1n) is 8.56. The minimum absolute atomic E-state index is 0.00113. The van der Waals surface area contributed by atoms with Crippen LogP contribution >= 0.6 is 0 Å². The molecule has 0 radical (unpaired) electrons. The molecular formula is C18H17N5O4S.